The first kappa shape index (κ1) is 27.5. The molecule has 0 saturated carbocycles. The van der Waals surface area contributed by atoms with Gasteiger partial charge in [0.2, 0.25) is 0 Å². The minimum atomic E-state index is -0.941. The summed E-state index contributed by atoms with van der Waals surface area (Å²) in [7, 11) is 2.85. The van der Waals surface area contributed by atoms with E-state index in [4.69, 9.17) is 44.3 Å². The number of carbonyl (C=O) groups excluding carboxylic acids is 2. The fraction of sp³-hybridized carbons (Fsp3) is 0.179. The molecule has 0 bridgehead atoms. The quantitative estimate of drug-likeness (QED) is 0.250. The summed E-state index contributed by atoms with van der Waals surface area (Å²) in [5.41, 5.74) is 3.48. The molecule has 1 heterocycles. The third kappa shape index (κ3) is 5.96. The van der Waals surface area contributed by atoms with Crippen molar-refractivity contribution in [1.82, 2.24) is 15.1 Å². The Labute approximate surface area is 235 Å². The van der Waals surface area contributed by atoms with E-state index in [0.29, 0.717) is 37.8 Å². The first-order valence-corrected chi connectivity index (χ1v) is 12.7. The van der Waals surface area contributed by atoms with Gasteiger partial charge in [-0.15, -0.1) is 0 Å². The number of hydrogen-bond acceptors (Lipinski definition) is 5. The van der Waals surface area contributed by atoms with Crippen LogP contribution in [0, 0.1) is 6.92 Å². The van der Waals surface area contributed by atoms with Crippen LogP contribution in [0.25, 0.3) is 16.9 Å². The molecule has 0 aliphatic carbocycles. The summed E-state index contributed by atoms with van der Waals surface area (Å²) in [6, 6.07) is 18.4. The standard InChI is InChI=1S/C28H24Cl3N3O4/c1-16-25(27(35)32-23(28(36)38-3)14-17-4-11-21(37-2)12-5-17)33-34(24-13-10-20(30)15-22(24)31)26(16)18-6-8-19(29)9-7-18/h4-13,15,23H,14H2,1-3H3,(H,32,35). The number of rotatable bonds is 8. The maximum atomic E-state index is 13.5. The molecular weight excluding hydrogens is 549 g/mol. The van der Waals surface area contributed by atoms with E-state index in [0.717, 1.165) is 11.1 Å². The second-order valence-electron chi connectivity index (χ2n) is 8.44. The summed E-state index contributed by atoms with van der Waals surface area (Å²) in [6.07, 6.45) is 0.217. The lowest BCUT2D eigenvalue weighted by molar-refractivity contribution is -0.142. The van der Waals surface area contributed by atoms with Crippen molar-refractivity contribution in [3.8, 4) is 22.7 Å². The first-order valence-electron chi connectivity index (χ1n) is 11.5. The molecule has 0 aliphatic heterocycles. The van der Waals surface area contributed by atoms with Crippen LogP contribution in [0.5, 0.6) is 5.75 Å². The van der Waals surface area contributed by atoms with Gasteiger partial charge in [0.15, 0.2) is 5.69 Å². The number of esters is 1. The highest BCUT2D eigenvalue weighted by Crippen LogP contribution is 2.33. The summed E-state index contributed by atoms with van der Waals surface area (Å²) in [4.78, 5) is 26.1. The fourth-order valence-electron chi connectivity index (χ4n) is 4.05. The van der Waals surface area contributed by atoms with Crippen LogP contribution in [0.4, 0.5) is 0 Å². The van der Waals surface area contributed by atoms with Gasteiger partial charge in [0.1, 0.15) is 11.8 Å². The highest BCUT2D eigenvalue weighted by atomic mass is 35.5. The molecule has 38 heavy (non-hydrogen) atoms. The van der Waals surface area contributed by atoms with Crippen molar-refractivity contribution in [3.05, 3.63) is 98.6 Å². The van der Waals surface area contributed by atoms with Crippen molar-refractivity contribution in [2.24, 2.45) is 0 Å². The van der Waals surface area contributed by atoms with E-state index < -0.39 is 17.9 Å². The third-order valence-corrected chi connectivity index (χ3v) is 6.77. The van der Waals surface area contributed by atoms with Crippen LogP contribution >= 0.6 is 34.8 Å². The van der Waals surface area contributed by atoms with E-state index in [9.17, 15) is 9.59 Å². The maximum absolute atomic E-state index is 13.5. The Morgan fingerprint density at radius 1 is 0.947 bits per heavy atom. The summed E-state index contributed by atoms with van der Waals surface area (Å²) >= 11 is 18.7. The van der Waals surface area contributed by atoms with Crippen LogP contribution in [0.3, 0.4) is 0 Å². The Balaban J connectivity index is 1.73. The summed E-state index contributed by atoms with van der Waals surface area (Å²) in [6.45, 7) is 1.78. The molecule has 0 radical (unpaired) electrons. The number of carbonyl (C=O) groups is 2. The predicted octanol–water partition coefficient (Wildman–Crippen LogP) is 6.33. The molecule has 1 amide bonds. The number of benzene rings is 3. The first-order chi connectivity index (χ1) is 18.2. The Kier molecular flexibility index (Phi) is 8.62. The Morgan fingerprint density at radius 3 is 2.21 bits per heavy atom. The van der Waals surface area contributed by atoms with Crippen LogP contribution < -0.4 is 10.1 Å². The SMILES string of the molecule is COC(=O)C(Cc1ccc(OC)cc1)NC(=O)c1nn(-c2ccc(Cl)cc2Cl)c(-c2ccc(Cl)cc2)c1C. The van der Waals surface area contributed by atoms with E-state index in [2.05, 4.69) is 10.4 Å². The van der Waals surface area contributed by atoms with Gasteiger partial charge in [-0.25, -0.2) is 9.48 Å². The molecule has 1 atom stereocenters. The van der Waals surface area contributed by atoms with Gasteiger partial charge in [-0.2, -0.15) is 5.10 Å². The Morgan fingerprint density at radius 2 is 1.61 bits per heavy atom. The zero-order valence-corrected chi connectivity index (χ0v) is 23.1. The number of hydrogen-bond donors (Lipinski definition) is 1. The molecular formula is C28H24Cl3N3O4. The Bertz CT molecular complexity index is 1470. The summed E-state index contributed by atoms with van der Waals surface area (Å²) < 4.78 is 11.7. The van der Waals surface area contributed by atoms with Crippen molar-refractivity contribution in [2.45, 2.75) is 19.4 Å². The van der Waals surface area contributed by atoms with Crippen LogP contribution in [0.1, 0.15) is 21.6 Å². The second-order valence-corrected chi connectivity index (χ2v) is 9.72. The van der Waals surface area contributed by atoms with Gasteiger partial charge < -0.3 is 14.8 Å². The number of amides is 1. The predicted molar refractivity (Wildman–Crippen MR) is 149 cm³/mol. The number of ether oxygens (including phenoxy) is 2. The monoisotopic (exact) mass is 571 g/mol. The molecule has 3 aromatic carbocycles. The smallest absolute Gasteiger partial charge is 0.328 e. The second kappa shape index (κ2) is 11.9. The van der Waals surface area contributed by atoms with Crippen molar-refractivity contribution < 1.29 is 19.1 Å². The highest BCUT2D eigenvalue weighted by Gasteiger charge is 2.28. The number of methoxy groups -OCH3 is 2. The lowest BCUT2D eigenvalue weighted by Gasteiger charge is -2.16. The number of halogens is 3. The topological polar surface area (TPSA) is 82.4 Å². The van der Waals surface area contributed by atoms with Crippen LogP contribution in [0.15, 0.2) is 66.7 Å². The molecule has 0 spiro atoms. The molecule has 0 saturated heterocycles. The molecule has 0 aliphatic rings. The average molecular weight is 573 g/mol. The molecule has 7 nitrogen and oxygen atoms in total. The lowest BCUT2D eigenvalue weighted by atomic mass is 10.0. The molecule has 196 valence electrons. The molecule has 10 heteroatoms. The minimum Gasteiger partial charge on any atom is -0.497 e. The van der Waals surface area contributed by atoms with Gasteiger partial charge >= 0.3 is 5.97 Å². The van der Waals surface area contributed by atoms with Crippen molar-refractivity contribution in [3.63, 3.8) is 0 Å². The molecule has 1 aromatic heterocycles. The zero-order valence-electron chi connectivity index (χ0n) is 20.8. The van der Waals surface area contributed by atoms with Crippen molar-refractivity contribution >= 4 is 46.7 Å². The average Bonchev–Trinajstić information content (AvgIpc) is 3.25. The van der Waals surface area contributed by atoms with E-state index >= 15 is 0 Å². The zero-order chi connectivity index (χ0) is 27.4. The van der Waals surface area contributed by atoms with Gasteiger partial charge in [0.05, 0.1) is 30.6 Å². The van der Waals surface area contributed by atoms with Crippen molar-refractivity contribution in [2.75, 3.05) is 14.2 Å². The third-order valence-electron chi connectivity index (χ3n) is 5.98. The number of nitrogens with zero attached hydrogens (tertiary/aromatic N) is 2. The highest BCUT2D eigenvalue weighted by molar-refractivity contribution is 6.35. The van der Waals surface area contributed by atoms with E-state index in [-0.39, 0.29) is 12.1 Å². The van der Waals surface area contributed by atoms with Crippen LogP contribution in [0.2, 0.25) is 15.1 Å². The Hall–Kier alpha value is -3.52. The molecule has 0 fully saturated rings. The summed E-state index contributed by atoms with van der Waals surface area (Å²) in [5.74, 6) is -0.431. The van der Waals surface area contributed by atoms with E-state index in [1.807, 2.05) is 24.3 Å². The van der Waals surface area contributed by atoms with E-state index in [1.54, 1.807) is 61.2 Å². The minimum absolute atomic E-state index is 0.129. The largest absolute Gasteiger partial charge is 0.497 e. The van der Waals surface area contributed by atoms with Gasteiger partial charge in [-0.3, -0.25) is 4.79 Å². The van der Waals surface area contributed by atoms with E-state index in [1.165, 1.54) is 7.11 Å². The van der Waals surface area contributed by atoms with Gasteiger partial charge in [0.25, 0.3) is 5.91 Å². The molecule has 1 N–H and O–H groups in total. The van der Waals surface area contributed by atoms with Crippen molar-refractivity contribution in [1.29, 1.82) is 0 Å². The van der Waals surface area contributed by atoms with Crippen LogP contribution in [-0.4, -0.2) is 41.9 Å². The lowest BCUT2D eigenvalue weighted by Crippen LogP contribution is -2.43. The van der Waals surface area contributed by atoms with Crippen LogP contribution in [-0.2, 0) is 16.0 Å². The van der Waals surface area contributed by atoms with Gasteiger partial charge in [0, 0.05) is 27.6 Å². The number of aromatic nitrogens is 2. The van der Waals surface area contributed by atoms with Gasteiger partial charge in [-0.1, -0.05) is 59.1 Å². The number of nitrogens with one attached hydrogen (secondary N) is 1. The maximum Gasteiger partial charge on any atom is 0.328 e. The summed E-state index contributed by atoms with van der Waals surface area (Å²) in [5, 5.41) is 8.79. The van der Waals surface area contributed by atoms with Gasteiger partial charge in [-0.05, 0) is 55.0 Å². The molecule has 4 rings (SSSR count). The fourth-order valence-corrected chi connectivity index (χ4v) is 4.66. The normalized spacial score (nSPS) is 11.6. The molecule has 4 aromatic rings. The molecule has 1 unspecified atom stereocenters.